The smallest absolute Gasteiger partial charge is 0.300 e. The third kappa shape index (κ3) is 3.48. The molecule has 0 radical (unpaired) electrons. The third-order valence-corrected chi connectivity index (χ3v) is 5.16. The van der Waals surface area contributed by atoms with Crippen LogP contribution in [0.25, 0.3) is 5.76 Å². The molecular formula is C24H16F3NO3. The van der Waals surface area contributed by atoms with Gasteiger partial charge in [0.2, 0.25) is 0 Å². The summed E-state index contributed by atoms with van der Waals surface area (Å²) in [6.07, 6.45) is 0. The first kappa shape index (κ1) is 20.4. The number of aliphatic hydroxyl groups excluding tert-OH is 1. The second-order valence-corrected chi connectivity index (χ2v) is 7.13. The van der Waals surface area contributed by atoms with Crippen molar-refractivity contribution in [1.82, 2.24) is 0 Å². The van der Waals surface area contributed by atoms with Gasteiger partial charge in [-0.2, -0.15) is 0 Å². The Kier molecular flexibility index (Phi) is 5.10. The summed E-state index contributed by atoms with van der Waals surface area (Å²) in [6, 6.07) is 12.8. The first-order valence-corrected chi connectivity index (χ1v) is 9.37. The van der Waals surface area contributed by atoms with Crippen LogP contribution in [0.4, 0.5) is 18.9 Å². The molecule has 156 valence electrons. The number of rotatable bonds is 3. The number of nitrogens with zero attached hydrogens (tertiary/aromatic N) is 1. The Bertz CT molecular complexity index is 1250. The fourth-order valence-corrected chi connectivity index (χ4v) is 3.66. The van der Waals surface area contributed by atoms with Gasteiger partial charge in [0, 0.05) is 16.8 Å². The number of Topliss-reactive ketones (excluding diaryl/α,β-unsaturated/α-hetero) is 1. The SMILES string of the molecule is Cc1cc(/C(O)=C2\C(=O)C(=O)N(c3cccc(F)c3)C2c2ccccc2F)ccc1F. The molecule has 4 rings (SSSR count). The van der Waals surface area contributed by atoms with E-state index in [0.29, 0.717) is 0 Å². The van der Waals surface area contributed by atoms with E-state index in [1.165, 1.54) is 55.5 Å². The van der Waals surface area contributed by atoms with E-state index < -0.39 is 40.9 Å². The van der Waals surface area contributed by atoms with Crippen molar-refractivity contribution in [3.63, 3.8) is 0 Å². The number of hydrogen-bond acceptors (Lipinski definition) is 3. The van der Waals surface area contributed by atoms with Gasteiger partial charge in [-0.05, 0) is 55.0 Å². The molecule has 1 aliphatic rings. The summed E-state index contributed by atoms with van der Waals surface area (Å²) < 4.78 is 42.3. The highest BCUT2D eigenvalue weighted by molar-refractivity contribution is 6.51. The van der Waals surface area contributed by atoms with Crippen molar-refractivity contribution in [2.45, 2.75) is 13.0 Å². The molecule has 1 N–H and O–H groups in total. The molecule has 0 spiro atoms. The van der Waals surface area contributed by atoms with Gasteiger partial charge in [-0.1, -0.05) is 24.3 Å². The minimum atomic E-state index is -1.34. The van der Waals surface area contributed by atoms with Gasteiger partial charge >= 0.3 is 0 Å². The zero-order chi connectivity index (χ0) is 22.3. The second-order valence-electron chi connectivity index (χ2n) is 7.13. The molecule has 0 bridgehead atoms. The largest absolute Gasteiger partial charge is 0.507 e. The van der Waals surface area contributed by atoms with Gasteiger partial charge in [0.15, 0.2) is 0 Å². The molecule has 31 heavy (non-hydrogen) atoms. The van der Waals surface area contributed by atoms with Crippen molar-refractivity contribution in [3.8, 4) is 0 Å². The summed E-state index contributed by atoms with van der Waals surface area (Å²) in [5.41, 5.74) is -0.0789. The number of ketones is 1. The topological polar surface area (TPSA) is 57.6 Å². The van der Waals surface area contributed by atoms with E-state index in [-0.39, 0.29) is 28.0 Å². The minimum absolute atomic E-state index is 0.0321. The van der Waals surface area contributed by atoms with Crippen molar-refractivity contribution < 1.29 is 27.9 Å². The van der Waals surface area contributed by atoms with Crippen LogP contribution in [0.15, 0.2) is 72.3 Å². The molecule has 0 saturated carbocycles. The standard InChI is InChI=1S/C24H16F3NO3/c1-13-11-14(9-10-18(13)26)22(29)20-21(17-7-2-3-8-19(17)27)28(24(31)23(20)30)16-6-4-5-15(25)12-16/h2-12,21,29H,1H3/b22-20+. The Labute approximate surface area is 175 Å². The van der Waals surface area contributed by atoms with Crippen LogP contribution < -0.4 is 4.90 Å². The average molecular weight is 423 g/mol. The van der Waals surface area contributed by atoms with Crippen molar-refractivity contribution in [2.75, 3.05) is 4.90 Å². The summed E-state index contributed by atoms with van der Waals surface area (Å²) in [7, 11) is 0. The van der Waals surface area contributed by atoms with E-state index in [2.05, 4.69) is 0 Å². The Balaban J connectivity index is 1.99. The lowest BCUT2D eigenvalue weighted by atomic mass is 9.94. The highest BCUT2D eigenvalue weighted by atomic mass is 19.1. The molecule has 0 aromatic heterocycles. The maximum atomic E-state index is 14.7. The van der Waals surface area contributed by atoms with E-state index in [9.17, 15) is 27.9 Å². The normalized spacial score (nSPS) is 17.9. The molecular weight excluding hydrogens is 407 g/mol. The quantitative estimate of drug-likeness (QED) is 0.365. The molecule has 1 unspecified atom stereocenters. The number of halogens is 3. The number of carbonyl (C=O) groups is 2. The molecule has 1 atom stereocenters. The summed E-state index contributed by atoms with van der Waals surface area (Å²) in [6.45, 7) is 1.48. The van der Waals surface area contributed by atoms with Crippen LogP contribution in [-0.2, 0) is 9.59 Å². The monoisotopic (exact) mass is 423 g/mol. The summed E-state index contributed by atoms with van der Waals surface area (Å²) in [4.78, 5) is 26.8. The predicted octanol–water partition coefficient (Wildman–Crippen LogP) is 5.04. The van der Waals surface area contributed by atoms with Gasteiger partial charge in [-0.15, -0.1) is 0 Å². The molecule has 7 heteroatoms. The van der Waals surface area contributed by atoms with E-state index in [1.807, 2.05) is 0 Å². The predicted molar refractivity (Wildman–Crippen MR) is 109 cm³/mol. The molecule has 3 aromatic rings. The lowest BCUT2D eigenvalue weighted by Crippen LogP contribution is -2.30. The molecule has 1 fully saturated rings. The first-order valence-electron chi connectivity index (χ1n) is 9.37. The van der Waals surface area contributed by atoms with Gasteiger partial charge in [0.25, 0.3) is 11.7 Å². The molecule has 3 aromatic carbocycles. The lowest BCUT2D eigenvalue weighted by molar-refractivity contribution is -0.132. The van der Waals surface area contributed by atoms with Crippen LogP contribution in [-0.4, -0.2) is 16.8 Å². The first-order chi connectivity index (χ1) is 14.8. The van der Waals surface area contributed by atoms with Crippen molar-refractivity contribution in [2.24, 2.45) is 0 Å². The van der Waals surface area contributed by atoms with Crippen molar-refractivity contribution in [3.05, 3.63) is 106 Å². The van der Waals surface area contributed by atoms with Gasteiger partial charge in [0.1, 0.15) is 23.2 Å². The Morgan fingerprint density at radius 2 is 1.65 bits per heavy atom. The Morgan fingerprint density at radius 3 is 2.32 bits per heavy atom. The number of amides is 1. The number of anilines is 1. The maximum absolute atomic E-state index is 14.7. The second kappa shape index (κ2) is 7.75. The van der Waals surface area contributed by atoms with Crippen LogP contribution in [0.1, 0.15) is 22.7 Å². The summed E-state index contributed by atoms with van der Waals surface area (Å²) in [5, 5.41) is 10.9. The maximum Gasteiger partial charge on any atom is 0.300 e. The minimum Gasteiger partial charge on any atom is -0.507 e. The number of aliphatic hydroxyl groups is 1. The summed E-state index contributed by atoms with van der Waals surface area (Å²) >= 11 is 0. The van der Waals surface area contributed by atoms with E-state index >= 15 is 0 Å². The number of carbonyl (C=O) groups excluding carboxylic acids is 2. The van der Waals surface area contributed by atoms with E-state index in [0.717, 1.165) is 23.1 Å². The lowest BCUT2D eigenvalue weighted by Gasteiger charge is -2.25. The van der Waals surface area contributed by atoms with Crippen molar-refractivity contribution >= 4 is 23.1 Å². The number of aryl methyl sites for hydroxylation is 1. The molecule has 1 saturated heterocycles. The fraction of sp³-hybridized carbons (Fsp3) is 0.0833. The molecule has 1 heterocycles. The molecule has 1 aliphatic heterocycles. The number of hydrogen-bond donors (Lipinski definition) is 1. The summed E-state index contributed by atoms with van der Waals surface area (Å²) in [5.74, 6) is -4.55. The van der Waals surface area contributed by atoms with Gasteiger partial charge < -0.3 is 5.11 Å². The van der Waals surface area contributed by atoms with Gasteiger partial charge in [-0.3, -0.25) is 14.5 Å². The van der Waals surface area contributed by atoms with E-state index in [1.54, 1.807) is 0 Å². The molecule has 0 aliphatic carbocycles. The molecule has 1 amide bonds. The molecule has 4 nitrogen and oxygen atoms in total. The van der Waals surface area contributed by atoms with Crippen LogP contribution >= 0.6 is 0 Å². The number of benzene rings is 3. The zero-order valence-corrected chi connectivity index (χ0v) is 16.3. The highest BCUT2D eigenvalue weighted by Gasteiger charge is 2.47. The van der Waals surface area contributed by atoms with Crippen molar-refractivity contribution in [1.29, 1.82) is 0 Å². The Hall–Kier alpha value is -3.87. The van der Waals surface area contributed by atoms with Gasteiger partial charge in [-0.25, -0.2) is 13.2 Å². The van der Waals surface area contributed by atoms with Crippen LogP contribution in [0.5, 0.6) is 0 Å². The van der Waals surface area contributed by atoms with Gasteiger partial charge in [0.05, 0.1) is 11.6 Å². The zero-order valence-electron chi connectivity index (χ0n) is 16.3. The third-order valence-electron chi connectivity index (χ3n) is 5.16. The van der Waals surface area contributed by atoms with E-state index in [4.69, 9.17) is 0 Å². The van der Waals surface area contributed by atoms with Crippen LogP contribution in [0.2, 0.25) is 0 Å². The van der Waals surface area contributed by atoms with Crippen LogP contribution in [0, 0.1) is 24.4 Å². The average Bonchev–Trinajstić information content (AvgIpc) is 3.00. The highest BCUT2D eigenvalue weighted by Crippen LogP contribution is 2.43. The fourth-order valence-electron chi connectivity index (χ4n) is 3.66. The van der Waals surface area contributed by atoms with Crippen LogP contribution in [0.3, 0.4) is 0 Å². The Morgan fingerprint density at radius 1 is 0.903 bits per heavy atom.